The van der Waals surface area contributed by atoms with Gasteiger partial charge in [0.25, 0.3) is 0 Å². The van der Waals surface area contributed by atoms with Gasteiger partial charge in [-0.15, -0.1) is 9.24 Å². The zero-order chi connectivity index (χ0) is 11.2. The summed E-state index contributed by atoms with van der Waals surface area (Å²) in [6, 6.07) is 3.74. The fraction of sp³-hybridized carbons (Fsp3) is 0.100. The summed E-state index contributed by atoms with van der Waals surface area (Å²) in [6.45, 7) is 1.77. The van der Waals surface area contributed by atoms with E-state index in [2.05, 4.69) is 30.2 Å². The Balaban J connectivity index is 3.00. The van der Waals surface area contributed by atoms with Gasteiger partial charge in [0.1, 0.15) is 10.8 Å². The first-order valence-electron chi connectivity index (χ1n) is 4.25. The van der Waals surface area contributed by atoms with E-state index >= 15 is 0 Å². The van der Waals surface area contributed by atoms with Crippen LogP contribution >= 0.6 is 36.8 Å². The third-order valence-corrected chi connectivity index (χ3v) is 4.39. The van der Waals surface area contributed by atoms with Gasteiger partial charge in [-0.3, -0.25) is 4.98 Å². The van der Waals surface area contributed by atoms with Crippen LogP contribution in [-0.2, 0) is 0 Å². The van der Waals surface area contributed by atoms with Crippen LogP contribution in [0.5, 0.6) is 5.75 Å². The van der Waals surface area contributed by atoms with Gasteiger partial charge < -0.3 is 5.11 Å². The lowest BCUT2D eigenvalue weighted by Gasteiger charge is -2.09. The lowest BCUT2D eigenvalue weighted by Crippen LogP contribution is -1.99. The van der Waals surface area contributed by atoms with Gasteiger partial charge in [-0.2, -0.15) is 0 Å². The molecular weight excluding hydrogens is 296 g/mol. The highest BCUT2D eigenvalue weighted by molar-refractivity contribution is 9.10. The molecule has 2 aromatic rings. The fourth-order valence-electron chi connectivity index (χ4n) is 1.44. The van der Waals surface area contributed by atoms with Crippen molar-refractivity contribution in [3.05, 3.63) is 27.3 Å². The molecule has 2 rings (SSSR count). The van der Waals surface area contributed by atoms with Crippen molar-refractivity contribution in [1.29, 1.82) is 0 Å². The zero-order valence-electron chi connectivity index (χ0n) is 7.88. The van der Waals surface area contributed by atoms with E-state index in [0.29, 0.717) is 16.1 Å². The van der Waals surface area contributed by atoms with Gasteiger partial charge in [0.05, 0.1) is 16.6 Å². The minimum atomic E-state index is 0.0884. The largest absolute Gasteiger partial charge is 0.506 e. The lowest BCUT2D eigenvalue weighted by molar-refractivity contribution is 0.481. The van der Waals surface area contributed by atoms with Crippen molar-refractivity contribution < 1.29 is 5.11 Å². The Morgan fingerprint density at radius 1 is 1.47 bits per heavy atom. The summed E-state index contributed by atoms with van der Waals surface area (Å²) in [6.07, 6.45) is 0. The monoisotopic (exact) mass is 303 g/mol. The van der Waals surface area contributed by atoms with Crippen molar-refractivity contribution in [3.63, 3.8) is 0 Å². The molecule has 5 heteroatoms. The number of nitrogens with zero attached hydrogens (tertiary/aromatic N) is 1. The molecule has 0 fully saturated rings. The summed E-state index contributed by atoms with van der Waals surface area (Å²) in [4.78, 5) is 4.31. The van der Waals surface area contributed by atoms with Gasteiger partial charge >= 0.3 is 0 Å². The average molecular weight is 305 g/mol. The van der Waals surface area contributed by atoms with Crippen molar-refractivity contribution in [2.75, 3.05) is 0 Å². The number of aryl methyl sites for hydroxylation is 1. The third kappa shape index (κ3) is 1.73. The Bertz CT molecular complexity index is 559. The fourth-order valence-corrected chi connectivity index (χ4v) is 2.28. The van der Waals surface area contributed by atoms with E-state index in [4.69, 9.17) is 11.6 Å². The normalized spacial score (nSPS) is 10.9. The van der Waals surface area contributed by atoms with Crippen molar-refractivity contribution in [1.82, 2.24) is 4.98 Å². The smallest absolute Gasteiger partial charge is 0.146 e. The highest BCUT2D eigenvalue weighted by Gasteiger charge is 2.13. The molecule has 78 valence electrons. The molecule has 0 amide bonds. The summed E-state index contributed by atoms with van der Waals surface area (Å²) < 4.78 is 0.900. The predicted octanol–water partition coefficient (Wildman–Crippen LogP) is 3.17. The predicted molar refractivity (Wildman–Crippen MR) is 70.2 cm³/mol. The molecular formula is C10H8BrClNOP. The van der Waals surface area contributed by atoms with Crippen LogP contribution in [0.2, 0.25) is 5.02 Å². The first-order valence-corrected chi connectivity index (χ1v) is 6.00. The van der Waals surface area contributed by atoms with Crippen LogP contribution in [0.1, 0.15) is 5.69 Å². The third-order valence-electron chi connectivity index (χ3n) is 2.22. The van der Waals surface area contributed by atoms with Gasteiger partial charge in [-0.05, 0) is 24.4 Å². The Morgan fingerprint density at radius 2 is 2.13 bits per heavy atom. The average Bonchev–Trinajstić information content (AvgIpc) is 2.20. The number of halogens is 2. The molecule has 2 nitrogen and oxygen atoms in total. The van der Waals surface area contributed by atoms with E-state index in [-0.39, 0.29) is 5.75 Å². The molecule has 0 saturated heterocycles. The zero-order valence-corrected chi connectivity index (χ0v) is 11.4. The lowest BCUT2D eigenvalue weighted by atomic mass is 10.2. The van der Waals surface area contributed by atoms with Crippen molar-refractivity contribution in [3.8, 4) is 5.75 Å². The number of benzene rings is 1. The molecule has 1 heterocycles. The van der Waals surface area contributed by atoms with Crippen LogP contribution in [0.4, 0.5) is 0 Å². The molecule has 1 aromatic carbocycles. The second-order valence-corrected chi connectivity index (χ2v) is 5.02. The minimum Gasteiger partial charge on any atom is -0.506 e. The number of aromatic hydroxyl groups is 1. The van der Waals surface area contributed by atoms with Gasteiger partial charge in [0.2, 0.25) is 0 Å². The Labute approximate surface area is 103 Å². The Morgan fingerprint density at radius 3 is 2.80 bits per heavy atom. The number of rotatable bonds is 0. The van der Waals surface area contributed by atoms with Crippen molar-refractivity contribution >= 4 is 53.0 Å². The van der Waals surface area contributed by atoms with Crippen molar-refractivity contribution in [2.24, 2.45) is 0 Å². The second-order valence-electron chi connectivity index (χ2n) is 3.21. The van der Waals surface area contributed by atoms with Crippen LogP contribution in [-0.4, -0.2) is 10.1 Å². The summed E-state index contributed by atoms with van der Waals surface area (Å²) in [5.41, 5.74) is 1.37. The number of pyridine rings is 1. The first-order chi connectivity index (χ1) is 7.02. The van der Waals surface area contributed by atoms with Gasteiger partial charge in [-0.25, -0.2) is 0 Å². The van der Waals surface area contributed by atoms with E-state index < -0.39 is 0 Å². The molecule has 1 aromatic heterocycles. The van der Waals surface area contributed by atoms with Gasteiger partial charge in [0, 0.05) is 4.47 Å². The Hall–Kier alpha value is -0.370. The summed E-state index contributed by atoms with van der Waals surface area (Å²) in [5.74, 6) is 0.0884. The highest BCUT2D eigenvalue weighted by atomic mass is 79.9. The summed E-state index contributed by atoms with van der Waals surface area (Å²) >= 11 is 9.33. The van der Waals surface area contributed by atoms with E-state index in [1.54, 1.807) is 6.92 Å². The van der Waals surface area contributed by atoms with Crippen molar-refractivity contribution in [2.45, 2.75) is 6.92 Å². The van der Waals surface area contributed by atoms with E-state index in [0.717, 1.165) is 15.3 Å². The summed E-state index contributed by atoms with van der Waals surface area (Å²) in [5, 5.41) is 11.8. The van der Waals surface area contributed by atoms with E-state index in [9.17, 15) is 5.11 Å². The van der Waals surface area contributed by atoms with Crippen LogP contribution in [0.15, 0.2) is 16.6 Å². The van der Waals surface area contributed by atoms with Gasteiger partial charge in [0.15, 0.2) is 0 Å². The minimum absolute atomic E-state index is 0.0884. The van der Waals surface area contributed by atoms with Gasteiger partial charge in [-0.1, -0.05) is 27.5 Å². The topological polar surface area (TPSA) is 33.1 Å². The number of aromatic nitrogens is 1. The molecule has 0 aliphatic heterocycles. The molecule has 1 unspecified atom stereocenters. The quantitative estimate of drug-likeness (QED) is 0.758. The van der Waals surface area contributed by atoms with E-state index in [1.807, 2.05) is 12.1 Å². The molecule has 0 radical (unpaired) electrons. The standard InChI is InChI=1S/C10H8BrClNOP/c1-4-8(12)9(14)7-6(13-4)3-2-5(11)10(7)15/h2-3H,15H2,1H3,(H,13,14). The van der Waals surface area contributed by atoms with E-state index in [1.165, 1.54) is 0 Å². The van der Waals surface area contributed by atoms with Crippen LogP contribution in [0, 0.1) is 6.92 Å². The molecule has 15 heavy (non-hydrogen) atoms. The maximum Gasteiger partial charge on any atom is 0.146 e. The molecule has 1 N–H and O–H groups in total. The first kappa shape index (κ1) is 11.1. The molecule has 0 saturated carbocycles. The molecule has 1 atom stereocenters. The highest BCUT2D eigenvalue weighted by Crippen LogP contribution is 2.34. The maximum atomic E-state index is 9.94. The summed E-state index contributed by atoms with van der Waals surface area (Å²) in [7, 11) is 2.57. The molecule has 0 aliphatic carbocycles. The van der Waals surface area contributed by atoms with Crippen LogP contribution in [0.25, 0.3) is 10.9 Å². The molecule has 0 spiro atoms. The van der Waals surface area contributed by atoms with Crippen LogP contribution < -0.4 is 5.30 Å². The van der Waals surface area contributed by atoms with Crippen LogP contribution in [0.3, 0.4) is 0 Å². The SMILES string of the molecule is Cc1nc2ccc(Br)c(P)c2c(O)c1Cl. The molecule has 0 bridgehead atoms. The number of fused-ring (bicyclic) bond motifs is 1. The second kappa shape index (κ2) is 3.89. The number of hydrogen-bond acceptors (Lipinski definition) is 2. The Kier molecular flexibility index (Phi) is 2.89. The number of hydrogen-bond donors (Lipinski definition) is 1. The maximum absolute atomic E-state index is 9.94. The molecule has 0 aliphatic rings.